The molecule has 0 fully saturated rings. The summed E-state index contributed by atoms with van der Waals surface area (Å²) in [6.45, 7) is 3.75. The molecule has 4 nitrogen and oxygen atoms in total. The highest BCUT2D eigenvalue weighted by Gasteiger charge is 2.16. The van der Waals surface area contributed by atoms with Crippen LogP contribution in [0, 0.1) is 0 Å². The summed E-state index contributed by atoms with van der Waals surface area (Å²) < 4.78 is 39.4. The average molecular weight is 256 g/mol. The van der Waals surface area contributed by atoms with Gasteiger partial charge in [-0.15, -0.1) is 0 Å². The van der Waals surface area contributed by atoms with Gasteiger partial charge in [0.25, 0.3) is 0 Å². The van der Waals surface area contributed by atoms with E-state index in [1.807, 2.05) is 13.8 Å². The van der Waals surface area contributed by atoms with E-state index in [1.54, 1.807) is 0 Å². The van der Waals surface area contributed by atoms with Gasteiger partial charge < -0.3 is 9.11 Å². The van der Waals surface area contributed by atoms with Crippen LogP contribution in [0.15, 0.2) is 0 Å². The Kier molecular flexibility index (Phi) is 8.50. The Hall–Kier alpha value is 0.220. The molecule has 0 aliphatic heterocycles. The Morgan fingerprint density at radius 2 is 1.27 bits per heavy atom. The van der Waals surface area contributed by atoms with Crippen molar-refractivity contribution in [2.75, 3.05) is 0 Å². The third-order valence-electron chi connectivity index (χ3n) is 2.53. The fourth-order valence-electron chi connectivity index (χ4n) is 1.47. The van der Waals surface area contributed by atoms with E-state index in [0.29, 0.717) is 25.7 Å². The first kappa shape index (κ1) is 15.2. The second kappa shape index (κ2) is 8.38. The molecule has 0 amide bonds. The first-order valence-corrected chi connectivity index (χ1v) is 7.56. The van der Waals surface area contributed by atoms with E-state index in [2.05, 4.69) is 0 Å². The molecule has 0 aromatic rings. The third kappa shape index (κ3) is 6.40. The molecule has 0 aliphatic rings. The maximum atomic E-state index is 10.8. The van der Waals surface area contributed by atoms with Gasteiger partial charge in [0.15, 0.2) is 22.2 Å². The first-order valence-electron chi connectivity index (χ1n) is 5.22. The van der Waals surface area contributed by atoms with E-state index in [4.69, 9.17) is 9.11 Å². The van der Waals surface area contributed by atoms with Crippen molar-refractivity contribution in [3.8, 4) is 0 Å². The van der Waals surface area contributed by atoms with Gasteiger partial charge in [0.05, 0.1) is 10.5 Å². The van der Waals surface area contributed by atoms with E-state index in [0.717, 1.165) is 6.42 Å². The van der Waals surface area contributed by atoms with Crippen molar-refractivity contribution in [2.45, 2.75) is 56.5 Å². The average Bonchev–Trinajstić information content (AvgIpc) is 2.17. The molecule has 92 valence electrons. The van der Waals surface area contributed by atoms with Crippen LogP contribution in [0.2, 0.25) is 0 Å². The summed E-state index contributed by atoms with van der Waals surface area (Å²) >= 11 is -3.54. The maximum Gasteiger partial charge on any atom is 0.155 e. The minimum atomic E-state index is -1.77. The van der Waals surface area contributed by atoms with Gasteiger partial charge in [0.2, 0.25) is 0 Å². The first-order chi connectivity index (χ1) is 7.02. The highest BCUT2D eigenvalue weighted by atomic mass is 32.2. The summed E-state index contributed by atoms with van der Waals surface area (Å²) in [4.78, 5) is 0. The predicted molar refractivity (Wildman–Crippen MR) is 63.6 cm³/mol. The Balaban J connectivity index is 3.85. The molecule has 0 spiro atoms. The molecule has 0 aromatic heterocycles. The van der Waals surface area contributed by atoms with Crippen molar-refractivity contribution in [1.82, 2.24) is 0 Å². The van der Waals surface area contributed by atoms with Crippen molar-refractivity contribution in [3.63, 3.8) is 0 Å². The van der Waals surface area contributed by atoms with E-state index in [-0.39, 0.29) is 10.5 Å². The van der Waals surface area contributed by atoms with Gasteiger partial charge in [0, 0.05) is 0 Å². The molecule has 4 atom stereocenters. The number of hydrogen-bond acceptors (Lipinski definition) is 2. The van der Waals surface area contributed by atoms with Gasteiger partial charge in [-0.2, -0.15) is 0 Å². The van der Waals surface area contributed by atoms with Crippen LogP contribution < -0.4 is 0 Å². The zero-order chi connectivity index (χ0) is 11.8. The summed E-state index contributed by atoms with van der Waals surface area (Å²) in [6.07, 6.45) is 3.36. The van der Waals surface area contributed by atoms with E-state index in [1.165, 1.54) is 0 Å². The van der Waals surface area contributed by atoms with Crippen LogP contribution in [0.5, 0.6) is 0 Å². The largest absolute Gasteiger partial charge is 0.306 e. The Morgan fingerprint density at radius 1 is 0.933 bits per heavy atom. The van der Waals surface area contributed by atoms with Crippen molar-refractivity contribution >= 4 is 22.2 Å². The van der Waals surface area contributed by atoms with E-state index >= 15 is 0 Å². The zero-order valence-electron chi connectivity index (χ0n) is 9.22. The van der Waals surface area contributed by atoms with Gasteiger partial charge in [-0.3, -0.25) is 0 Å². The van der Waals surface area contributed by atoms with Crippen molar-refractivity contribution in [1.29, 1.82) is 0 Å². The molecule has 15 heavy (non-hydrogen) atoms. The monoisotopic (exact) mass is 256 g/mol. The van der Waals surface area contributed by atoms with E-state index < -0.39 is 22.2 Å². The SMILES string of the molecule is CCC(CCCC(CC)S(=O)O)S(=O)O. The third-order valence-corrected chi connectivity index (χ3v) is 4.81. The van der Waals surface area contributed by atoms with Crippen LogP contribution in [-0.4, -0.2) is 28.0 Å². The van der Waals surface area contributed by atoms with Crippen molar-refractivity contribution in [3.05, 3.63) is 0 Å². The highest BCUT2D eigenvalue weighted by molar-refractivity contribution is 7.80. The highest BCUT2D eigenvalue weighted by Crippen LogP contribution is 2.14. The topological polar surface area (TPSA) is 74.6 Å². The molecule has 0 bridgehead atoms. The van der Waals surface area contributed by atoms with Crippen LogP contribution in [0.1, 0.15) is 46.0 Å². The summed E-state index contributed by atoms with van der Waals surface area (Å²) in [5.74, 6) is 0. The molecule has 0 aromatic carbocycles. The maximum absolute atomic E-state index is 10.8. The second-order valence-electron chi connectivity index (χ2n) is 3.54. The molecule has 0 saturated heterocycles. The lowest BCUT2D eigenvalue weighted by molar-refractivity contribution is 0.510. The predicted octanol–water partition coefficient (Wildman–Crippen LogP) is 2.16. The molecular weight excluding hydrogens is 236 g/mol. The van der Waals surface area contributed by atoms with Gasteiger partial charge in [-0.1, -0.05) is 20.3 Å². The molecule has 2 N–H and O–H groups in total. The van der Waals surface area contributed by atoms with Gasteiger partial charge in [-0.05, 0) is 25.7 Å². The van der Waals surface area contributed by atoms with Gasteiger partial charge in [0.1, 0.15) is 0 Å². The normalized spacial score (nSPS) is 19.5. The molecule has 0 radical (unpaired) electrons. The van der Waals surface area contributed by atoms with Gasteiger partial charge in [-0.25, -0.2) is 8.42 Å². The summed E-state index contributed by atoms with van der Waals surface area (Å²) in [5.41, 5.74) is 0. The Labute approximate surface area is 96.4 Å². The fraction of sp³-hybridized carbons (Fsp3) is 1.00. The molecule has 0 rings (SSSR count). The zero-order valence-corrected chi connectivity index (χ0v) is 10.9. The number of rotatable bonds is 8. The molecule has 6 heteroatoms. The Bertz CT molecular complexity index is 198. The molecule has 4 unspecified atom stereocenters. The second-order valence-corrected chi connectivity index (χ2v) is 5.98. The van der Waals surface area contributed by atoms with Crippen molar-refractivity contribution < 1.29 is 17.5 Å². The lowest BCUT2D eigenvalue weighted by Crippen LogP contribution is -2.17. The van der Waals surface area contributed by atoms with Crippen molar-refractivity contribution in [2.24, 2.45) is 0 Å². The fourth-order valence-corrected chi connectivity index (χ4v) is 2.78. The van der Waals surface area contributed by atoms with Crippen LogP contribution in [0.3, 0.4) is 0 Å². The smallest absolute Gasteiger partial charge is 0.155 e. The standard InChI is InChI=1S/C9H20O4S2/c1-3-8(14(10)11)6-5-7-9(4-2)15(12)13/h8-9H,3-7H2,1-2H3,(H,10,11)(H,12,13). The van der Waals surface area contributed by atoms with Gasteiger partial charge >= 0.3 is 0 Å². The van der Waals surface area contributed by atoms with Crippen LogP contribution in [0.4, 0.5) is 0 Å². The van der Waals surface area contributed by atoms with Crippen LogP contribution >= 0.6 is 0 Å². The van der Waals surface area contributed by atoms with Crippen LogP contribution in [-0.2, 0) is 22.2 Å². The minimum Gasteiger partial charge on any atom is -0.306 e. The molecular formula is C9H20O4S2. The summed E-state index contributed by atoms with van der Waals surface area (Å²) in [5, 5.41) is -0.399. The Morgan fingerprint density at radius 3 is 1.47 bits per heavy atom. The lowest BCUT2D eigenvalue weighted by Gasteiger charge is -2.13. The number of hydrogen-bond donors (Lipinski definition) is 2. The molecule has 0 aliphatic carbocycles. The lowest BCUT2D eigenvalue weighted by atomic mass is 10.1. The van der Waals surface area contributed by atoms with E-state index in [9.17, 15) is 8.42 Å². The molecule has 0 saturated carbocycles. The molecule has 0 heterocycles. The minimum absolute atomic E-state index is 0.199. The summed E-state index contributed by atoms with van der Waals surface area (Å²) in [7, 11) is 0. The van der Waals surface area contributed by atoms with Crippen LogP contribution in [0.25, 0.3) is 0 Å². The summed E-state index contributed by atoms with van der Waals surface area (Å²) in [6, 6.07) is 0. The quantitative estimate of drug-likeness (QED) is 0.653.